The molecule has 2 aromatic carbocycles. The van der Waals surface area contributed by atoms with Crippen LogP contribution in [0.25, 0.3) is 10.8 Å². The summed E-state index contributed by atoms with van der Waals surface area (Å²) in [7, 11) is -3.72. The summed E-state index contributed by atoms with van der Waals surface area (Å²) in [5.74, 6) is -1.99. The molecule has 3 rings (SSSR count). The molecule has 0 saturated heterocycles. The van der Waals surface area contributed by atoms with Crippen LogP contribution in [0.5, 0.6) is 0 Å². The zero-order chi connectivity index (χ0) is 23.5. The molecular formula is C21H22N4O6S. The van der Waals surface area contributed by atoms with Crippen LogP contribution in [0.3, 0.4) is 0 Å². The van der Waals surface area contributed by atoms with Gasteiger partial charge >= 0.3 is 5.97 Å². The Hall–Kier alpha value is -3.57. The molecule has 1 aromatic heterocycles. The molecule has 3 aromatic rings. The predicted octanol–water partition coefficient (Wildman–Crippen LogP) is 1.76. The maximum absolute atomic E-state index is 12.7. The zero-order valence-corrected chi connectivity index (χ0v) is 18.3. The number of carbonyl (C=O) groups is 2. The van der Waals surface area contributed by atoms with Crippen molar-refractivity contribution in [3.63, 3.8) is 0 Å². The molecule has 0 radical (unpaired) electrons. The van der Waals surface area contributed by atoms with Crippen LogP contribution in [0.15, 0.2) is 58.2 Å². The Morgan fingerprint density at radius 3 is 2.34 bits per heavy atom. The molecule has 0 spiro atoms. The van der Waals surface area contributed by atoms with Crippen molar-refractivity contribution in [3.05, 3.63) is 64.6 Å². The van der Waals surface area contributed by atoms with E-state index in [-0.39, 0.29) is 27.0 Å². The van der Waals surface area contributed by atoms with Crippen molar-refractivity contribution in [2.75, 3.05) is 18.4 Å². The minimum absolute atomic E-state index is 0.0214. The lowest BCUT2D eigenvalue weighted by Gasteiger charge is -2.18. The highest BCUT2D eigenvalue weighted by atomic mass is 32.2. The zero-order valence-electron chi connectivity index (χ0n) is 17.5. The Labute approximate surface area is 184 Å². The number of carboxylic acid groups (broad SMARTS) is 1. The van der Waals surface area contributed by atoms with E-state index in [1.807, 2.05) is 0 Å². The highest BCUT2D eigenvalue weighted by molar-refractivity contribution is 7.89. The second-order valence-corrected chi connectivity index (χ2v) is 8.77. The Balaban J connectivity index is 1.89. The van der Waals surface area contributed by atoms with Crippen LogP contribution in [-0.2, 0) is 21.4 Å². The molecule has 1 amide bonds. The normalized spacial score (nSPS) is 11.6. The Bertz CT molecular complexity index is 1350. The minimum Gasteiger partial charge on any atom is -0.476 e. The number of benzene rings is 2. The summed E-state index contributed by atoms with van der Waals surface area (Å²) in [6.07, 6.45) is 0. The molecule has 10 nitrogen and oxygen atoms in total. The SMILES string of the molecule is CCN(CC)S(=O)(=O)c1cccc(NC(=O)Cn2nc(C(=O)O)c3ccccc3c2=O)c1. The lowest BCUT2D eigenvalue weighted by Crippen LogP contribution is -2.32. The second kappa shape index (κ2) is 9.28. The Morgan fingerprint density at radius 2 is 1.72 bits per heavy atom. The first-order valence-electron chi connectivity index (χ1n) is 9.82. The van der Waals surface area contributed by atoms with Crippen molar-refractivity contribution >= 4 is 38.4 Å². The maximum Gasteiger partial charge on any atom is 0.357 e. The summed E-state index contributed by atoms with van der Waals surface area (Å²) in [6.45, 7) is 3.52. The second-order valence-electron chi connectivity index (χ2n) is 6.83. The molecule has 0 atom stereocenters. The number of aromatic nitrogens is 2. The summed E-state index contributed by atoms with van der Waals surface area (Å²) in [5.41, 5.74) is -0.741. The molecule has 0 aliphatic rings. The van der Waals surface area contributed by atoms with Crippen molar-refractivity contribution in [2.24, 2.45) is 0 Å². The van der Waals surface area contributed by atoms with Crippen LogP contribution in [0, 0.1) is 0 Å². The number of carbonyl (C=O) groups excluding carboxylic acids is 1. The monoisotopic (exact) mass is 458 g/mol. The summed E-state index contributed by atoms with van der Waals surface area (Å²) in [6, 6.07) is 11.9. The number of sulfonamides is 1. The fourth-order valence-electron chi connectivity index (χ4n) is 3.28. The molecule has 11 heteroatoms. The summed E-state index contributed by atoms with van der Waals surface area (Å²) >= 11 is 0. The molecule has 0 fully saturated rings. The minimum atomic E-state index is -3.72. The standard InChI is InChI=1S/C21H22N4O6S/c1-3-24(4-2)32(30,31)15-9-7-8-14(12-15)22-18(26)13-25-20(27)17-11-6-5-10-16(17)19(23-25)21(28)29/h5-12H,3-4,13H2,1-2H3,(H,22,26)(H,28,29). The quantitative estimate of drug-likeness (QED) is 0.524. The van der Waals surface area contributed by atoms with Crippen molar-refractivity contribution in [1.29, 1.82) is 0 Å². The highest BCUT2D eigenvalue weighted by Crippen LogP contribution is 2.19. The fourth-order valence-corrected chi connectivity index (χ4v) is 4.79. The smallest absolute Gasteiger partial charge is 0.357 e. The van der Waals surface area contributed by atoms with E-state index in [2.05, 4.69) is 10.4 Å². The molecule has 1 heterocycles. The van der Waals surface area contributed by atoms with Crippen LogP contribution in [0.2, 0.25) is 0 Å². The molecule has 0 bridgehead atoms. The lowest BCUT2D eigenvalue weighted by molar-refractivity contribution is -0.117. The average molecular weight is 458 g/mol. The van der Waals surface area contributed by atoms with E-state index in [0.717, 1.165) is 4.68 Å². The molecule has 0 unspecified atom stereocenters. The topological polar surface area (TPSA) is 139 Å². The Kier molecular flexibility index (Phi) is 6.70. The van der Waals surface area contributed by atoms with Gasteiger partial charge in [-0.05, 0) is 24.3 Å². The van der Waals surface area contributed by atoms with Crippen molar-refractivity contribution in [1.82, 2.24) is 14.1 Å². The van der Waals surface area contributed by atoms with Crippen molar-refractivity contribution in [3.8, 4) is 0 Å². The summed E-state index contributed by atoms with van der Waals surface area (Å²) < 4.78 is 27.5. The van der Waals surface area contributed by atoms with Crippen LogP contribution in [0.4, 0.5) is 5.69 Å². The first-order chi connectivity index (χ1) is 15.2. The lowest BCUT2D eigenvalue weighted by atomic mass is 10.1. The van der Waals surface area contributed by atoms with E-state index in [4.69, 9.17) is 0 Å². The van der Waals surface area contributed by atoms with Gasteiger partial charge in [0.15, 0.2) is 5.69 Å². The van der Waals surface area contributed by atoms with Gasteiger partial charge < -0.3 is 10.4 Å². The van der Waals surface area contributed by atoms with Gasteiger partial charge in [0.25, 0.3) is 5.56 Å². The number of amides is 1. The van der Waals surface area contributed by atoms with Gasteiger partial charge in [0.2, 0.25) is 15.9 Å². The largest absolute Gasteiger partial charge is 0.476 e. The van der Waals surface area contributed by atoms with E-state index in [1.165, 1.54) is 40.7 Å². The van der Waals surface area contributed by atoms with E-state index in [0.29, 0.717) is 13.1 Å². The third-order valence-corrected chi connectivity index (χ3v) is 6.87. The number of hydrogen-bond donors (Lipinski definition) is 2. The van der Waals surface area contributed by atoms with E-state index < -0.39 is 34.0 Å². The van der Waals surface area contributed by atoms with Gasteiger partial charge in [-0.15, -0.1) is 0 Å². The first-order valence-corrected chi connectivity index (χ1v) is 11.3. The van der Waals surface area contributed by atoms with Crippen LogP contribution in [-0.4, -0.2) is 52.6 Å². The van der Waals surface area contributed by atoms with Gasteiger partial charge in [0, 0.05) is 24.2 Å². The van der Waals surface area contributed by atoms with Gasteiger partial charge in [-0.2, -0.15) is 9.40 Å². The molecule has 0 aliphatic carbocycles. The number of nitrogens with zero attached hydrogens (tertiary/aromatic N) is 3. The third-order valence-electron chi connectivity index (χ3n) is 4.82. The number of rotatable bonds is 8. The number of nitrogens with one attached hydrogen (secondary N) is 1. The Morgan fingerprint density at radius 1 is 1.06 bits per heavy atom. The van der Waals surface area contributed by atoms with Gasteiger partial charge in [-0.3, -0.25) is 9.59 Å². The molecule has 2 N–H and O–H groups in total. The van der Waals surface area contributed by atoms with Gasteiger partial charge in [-0.25, -0.2) is 17.9 Å². The number of hydrogen-bond acceptors (Lipinski definition) is 6. The molecular weight excluding hydrogens is 436 g/mol. The maximum atomic E-state index is 12.7. The molecule has 0 aliphatic heterocycles. The predicted molar refractivity (Wildman–Crippen MR) is 118 cm³/mol. The van der Waals surface area contributed by atoms with Gasteiger partial charge in [0.05, 0.1) is 10.3 Å². The number of fused-ring (bicyclic) bond motifs is 1. The van der Waals surface area contributed by atoms with Crippen molar-refractivity contribution in [2.45, 2.75) is 25.3 Å². The fraction of sp³-hybridized carbons (Fsp3) is 0.238. The molecule has 0 saturated carbocycles. The number of anilines is 1. The van der Waals surface area contributed by atoms with Gasteiger partial charge in [0.1, 0.15) is 6.54 Å². The number of carboxylic acids is 1. The van der Waals surface area contributed by atoms with E-state index in [1.54, 1.807) is 26.0 Å². The van der Waals surface area contributed by atoms with E-state index in [9.17, 15) is 27.9 Å². The van der Waals surface area contributed by atoms with Crippen LogP contribution >= 0.6 is 0 Å². The van der Waals surface area contributed by atoms with Gasteiger partial charge in [-0.1, -0.05) is 38.1 Å². The molecule has 168 valence electrons. The number of aromatic carboxylic acids is 1. The third kappa shape index (κ3) is 4.53. The average Bonchev–Trinajstić information content (AvgIpc) is 2.76. The van der Waals surface area contributed by atoms with Crippen LogP contribution in [0.1, 0.15) is 24.3 Å². The highest BCUT2D eigenvalue weighted by Gasteiger charge is 2.22. The van der Waals surface area contributed by atoms with Crippen LogP contribution < -0.4 is 10.9 Å². The summed E-state index contributed by atoms with van der Waals surface area (Å²) in [5, 5.41) is 16.1. The first kappa shape index (κ1) is 23.1. The molecule has 32 heavy (non-hydrogen) atoms. The van der Waals surface area contributed by atoms with Crippen molar-refractivity contribution < 1.29 is 23.1 Å². The van der Waals surface area contributed by atoms with E-state index >= 15 is 0 Å². The summed E-state index contributed by atoms with van der Waals surface area (Å²) in [4.78, 5) is 36.8.